The fourth-order valence-corrected chi connectivity index (χ4v) is 14.3. The standard InChI is InChI=1S/C23H40F12O11Si3.6CH4.Y/c1-17(2,3)44-16(36)15-43-19(22(30,31)32,23(33,34)35)11-10-13-48(39-5,46-49(40-6,41-7)42-8)45-47(9,38-4)14-12-18(37,20(24,25)26)21(27,28)29;;;;;;;/h37H,10-15H2,1-9H3;6*1H4;. The maximum atomic E-state index is 14.2. The van der Waals surface area contributed by atoms with Gasteiger partial charge in [-0.3, -0.25) is 0 Å². The first-order chi connectivity index (χ1) is 21.7. The number of carbonyl (C=O) groups is 1. The Morgan fingerprint density at radius 1 is 0.589 bits per heavy atom. The van der Waals surface area contributed by atoms with Crippen molar-refractivity contribution in [1.29, 1.82) is 0 Å². The second-order valence-corrected chi connectivity index (χ2v) is 20.8. The van der Waals surface area contributed by atoms with Gasteiger partial charge in [0.1, 0.15) is 12.2 Å². The van der Waals surface area contributed by atoms with Crippen molar-refractivity contribution in [3.05, 3.63) is 0 Å². The predicted molar refractivity (Wildman–Crippen MR) is 188 cm³/mol. The van der Waals surface area contributed by atoms with Crippen LogP contribution in [0.4, 0.5) is 52.7 Å². The van der Waals surface area contributed by atoms with Crippen LogP contribution in [-0.4, -0.2) is 121 Å². The van der Waals surface area contributed by atoms with Crippen LogP contribution < -0.4 is 0 Å². The van der Waals surface area contributed by atoms with E-state index < -0.39 is 112 Å². The molecule has 0 aliphatic carbocycles. The van der Waals surface area contributed by atoms with Crippen molar-refractivity contribution >= 4 is 32.4 Å². The molecule has 0 rings (SSSR count). The number of ether oxygens (including phenoxy) is 2. The minimum atomic E-state index is -6.25. The van der Waals surface area contributed by atoms with Gasteiger partial charge in [-0.25, -0.2) is 4.79 Å². The third kappa shape index (κ3) is 19.2. The summed E-state index contributed by atoms with van der Waals surface area (Å²) in [6.45, 7) is 2.93. The third-order valence-electron chi connectivity index (χ3n) is 6.81. The summed E-state index contributed by atoms with van der Waals surface area (Å²) in [6, 6.07) is -2.41. The molecule has 0 aromatic heterocycles. The van der Waals surface area contributed by atoms with E-state index in [1.165, 1.54) is 20.8 Å². The zero-order chi connectivity index (χ0) is 39.2. The van der Waals surface area contributed by atoms with Crippen LogP contribution in [0.15, 0.2) is 0 Å². The Kier molecular flexibility index (Phi) is 34.6. The summed E-state index contributed by atoms with van der Waals surface area (Å²) in [5.74, 6) is -1.58. The van der Waals surface area contributed by atoms with E-state index in [1.54, 1.807) is 0 Å². The number of rotatable bonds is 19. The molecule has 345 valence electrons. The minimum Gasteiger partial charge on any atom is -0.458 e. The number of esters is 1. The number of hydrogen-bond donors (Lipinski definition) is 1. The molecule has 0 amide bonds. The molecular formula is C29H64F12O11Si3Y. The number of halogens is 12. The molecule has 0 fully saturated rings. The van der Waals surface area contributed by atoms with Crippen LogP contribution in [0.3, 0.4) is 0 Å². The maximum Gasteiger partial charge on any atom is 0.671 e. The van der Waals surface area contributed by atoms with Crippen molar-refractivity contribution in [1.82, 2.24) is 0 Å². The summed E-state index contributed by atoms with van der Waals surface area (Å²) >= 11 is 0. The minimum absolute atomic E-state index is 0. The van der Waals surface area contributed by atoms with E-state index in [2.05, 4.69) is 4.74 Å². The fourth-order valence-electron chi connectivity index (χ4n) is 4.04. The van der Waals surface area contributed by atoms with Crippen LogP contribution in [0, 0.1) is 0 Å². The quantitative estimate of drug-likeness (QED) is 0.0757. The number of carbonyl (C=O) groups excluding carboxylic acids is 1. The van der Waals surface area contributed by atoms with E-state index in [0.29, 0.717) is 0 Å². The fraction of sp³-hybridized carbons (Fsp3) is 0.966. The Morgan fingerprint density at radius 2 is 0.982 bits per heavy atom. The number of alkyl halides is 12. The first kappa shape index (κ1) is 73.5. The summed E-state index contributed by atoms with van der Waals surface area (Å²) in [5.41, 5.74) is -11.6. The molecule has 0 bridgehead atoms. The second kappa shape index (κ2) is 26.4. The summed E-state index contributed by atoms with van der Waals surface area (Å²) < 4.78 is 211. The van der Waals surface area contributed by atoms with E-state index in [4.69, 9.17) is 35.1 Å². The molecule has 11 nitrogen and oxygen atoms in total. The van der Waals surface area contributed by atoms with Crippen molar-refractivity contribution in [2.24, 2.45) is 0 Å². The molecule has 2 unspecified atom stereocenters. The van der Waals surface area contributed by atoms with Crippen molar-refractivity contribution in [3.8, 4) is 0 Å². The average molecular weight is 990 g/mol. The molecule has 0 aliphatic heterocycles. The van der Waals surface area contributed by atoms with Gasteiger partial charge in [-0.15, -0.1) is 0 Å². The molecule has 0 aliphatic rings. The molecule has 0 saturated carbocycles. The average Bonchev–Trinajstić information content (AvgIpc) is 2.92. The van der Waals surface area contributed by atoms with Gasteiger partial charge in [-0.2, -0.15) is 52.7 Å². The van der Waals surface area contributed by atoms with Crippen molar-refractivity contribution in [3.63, 3.8) is 0 Å². The smallest absolute Gasteiger partial charge is 0.458 e. The first-order valence-corrected chi connectivity index (χ1v) is 19.8. The summed E-state index contributed by atoms with van der Waals surface area (Å²) in [5, 5.41) is 9.63. The van der Waals surface area contributed by atoms with Crippen LogP contribution in [0.1, 0.15) is 84.6 Å². The van der Waals surface area contributed by atoms with Crippen LogP contribution in [0.5, 0.6) is 0 Å². The van der Waals surface area contributed by atoms with Gasteiger partial charge >= 0.3 is 57.1 Å². The van der Waals surface area contributed by atoms with Gasteiger partial charge in [0.2, 0.25) is 0 Å². The van der Waals surface area contributed by atoms with Crippen molar-refractivity contribution < 1.29 is 135 Å². The Bertz CT molecular complexity index is 1030. The Morgan fingerprint density at radius 3 is 1.27 bits per heavy atom. The van der Waals surface area contributed by atoms with E-state index >= 15 is 0 Å². The van der Waals surface area contributed by atoms with E-state index in [1.807, 2.05) is 0 Å². The van der Waals surface area contributed by atoms with Crippen molar-refractivity contribution in [2.75, 3.05) is 42.2 Å². The molecule has 56 heavy (non-hydrogen) atoms. The molecule has 27 heteroatoms. The summed E-state index contributed by atoms with van der Waals surface area (Å²) in [4.78, 5) is 12.0. The number of hydrogen-bond acceptors (Lipinski definition) is 11. The molecule has 0 heterocycles. The van der Waals surface area contributed by atoms with E-state index in [9.17, 15) is 62.6 Å². The van der Waals surface area contributed by atoms with Crippen LogP contribution >= 0.6 is 0 Å². The van der Waals surface area contributed by atoms with Crippen LogP contribution in [0.25, 0.3) is 0 Å². The van der Waals surface area contributed by atoms with Crippen molar-refractivity contribution in [2.45, 2.75) is 145 Å². The largest absolute Gasteiger partial charge is 0.671 e. The Hall–Kier alpha value is 0.0245. The molecular weight excluding hydrogens is 925 g/mol. The van der Waals surface area contributed by atoms with Gasteiger partial charge in [0.25, 0.3) is 11.2 Å². The van der Waals surface area contributed by atoms with Crippen LogP contribution in [-0.2, 0) is 77.3 Å². The van der Waals surface area contributed by atoms with Gasteiger partial charge in [0, 0.05) is 74.3 Å². The SMILES string of the molecule is C.C.C.C.C.C.CO[Si](C)(CCC(O)(C(F)(F)F)C(F)(F)F)O[Si](CCCC(OCC(=O)OC(C)(C)C)(C(F)(F)F)C(F)(F)F)(OC)O[Si](OC)(OC)OC.[Y]. The summed E-state index contributed by atoms with van der Waals surface area (Å²) in [6.07, 6.45) is -30.3. The van der Waals surface area contributed by atoms with E-state index in [0.717, 1.165) is 42.1 Å². The van der Waals surface area contributed by atoms with Gasteiger partial charge in [-0.05, 0) is 52.6 Å². The molecule has 1 N–H and O–H groups in total. The van der Waals surface area contributed by atoms with Gasteiger partial charge in [0.05, 0.1) is 0 Å². The molecule has 0 aromatic carbocycles. The van der Waals surface area contributed by atoms with Crippen LogP contribution in [0.2, 0.25) is 18.6 Å². The first-order valence-electron chi connectivity index (χ1n) is 13.7. The summed E-state index contributed by atoms with van der Waals surface area (Å²) in [7, 11) is -9.72. The Labute approximate surface area is 353 Å². The Balaban J connectivity index is -0.000000549. The molecule has 0 spiro atoms. The maximum absolute atomic E-state index is 14.2. The van der Waals surface area contributed by atoms with Gasteiger partial charge in [-0.1, -0.05) is 44.6 Å². The molecule has 0 saturated heterocycles. The third-order valence-corrected chi connectivity index (χ3v) is 17.1. The zero-order valence-electron chi connectivity index (χ0n) is 28.4. The molecule has 2 atom stereocenters. The van der Waals surface area contributed by atoms with Gasteiger partial charge < -0.3 is 44.9 Å². The second-order valence-electron chi connectivity index (χ2n) is 11.4. The predicted octanol–water partition coefficient (Wildman–Crippen LogP) is 9.76. The molecule has 0 aromatic rings. The van der Waals surface area contributed by atoms with E-state index in [-0.39, 0.29) is 77.3 Å². The monoisotopic (exact) mass is 989 g/mol. The zero-order valence-corrected chi connectivity index (χ0v) is 34.2. The van der Waals surface area contributed by atoms with Gasteiger partial charge in [0.15, 0.2) is 0 Å². The normalized spacial score (nSPS) is 15.0. The molecule has 1 radical (unpaired) electrons. The topological polar surface area (TPSA) is 120 Å². The number of aliphatic hydroxyl groups is 1.